The molecule has 0 bridgehead atoms. The van der Waals surface area contributed by atoms with Crippen molar-refractivity contribution in [2.45, 2.75) is 26.2 Å². The van der Waals surface area contributed by atoms with Crippen LogP contribution in [0.15, 0.2) is 18.2 Å². The van der Waals surface area contributed by atoms with E-state index in [1.54, 1.807) is 0 Å². The van der Waals surface area contributed by atoms with E-state index in [2.05, 4.69) is 23.5 Å². The van der Waals surface area contributed by atoms with Crippen LogP contribution in [0.25, 0.3) is 10.9 Å². The molecule has 3 rings (SSSR count). The number of hydrogen-bond donors (Lipinski definition) is 1. The van der Waals surface area contributed by atoms with Gasteiger partial charge in [0.25, 0.3) is 0 Å². The predicted octanol–water partition coefficient (Wildman–Crippen LogP) is 3.14. The summed E-state index contributed by atoms with van der Waals surface area (Å²) in [4.78, 5) is 3.50. The van der Waals surface area contributed by atoms with Crippen molar-refractivity contribution in [3.63, 3.8) is 0 Å². The maximum atomic E-state index is 5.65. The Morgan fingerprint density at radius 1 is 1.44 bits per heavy atom. The first kappa shape index (κ1) is 9.76. The molecule has 2 heteroatoms. The van der Waals surface area contributed by atoms with Crippen molar-refractivity contribution in [1.82, 2.24) is 4.98 Å². The lowest BCUT2D eigenvalue weighted by Crippen LogP contribution is -2.00. The minimum atomic E-state index is 0.709. The van der Waals surface area contributed by atoms with E-state index in [0.717, 1.165) is 30.5 Å². The van der Waals surface area contributed by atoms with E-state index >= 15 is 0 Å². The Hall–Kier alpha value is -1.44. The highest BCUT2D eigenvalue weighted by atomic mass is 16.5. The van der Waals surface area contributed by atoms with E-state index in [1.807, 2.05) is 13.0 Å². The van der Waals surface area contributed by atoms with E-state index in [9.17, 15) is 0 Å². The van der Waals surface area contributed by atoms with Gasteiger partial charge < -0.3 is 9.72 Å². The smallest absolute Gasteiger partial charge is 0.143 e. The monoisotopic (exact) mass is 213 g/mol. The first-order valence-corrected chi connectivity index (χ1v) is 5.86. The summed E-state index contributed by atoms with van der Waals surface area (Å²) in [5.74, 6) is 0.967. The molecule has 0 aliphatic heterocycles. The molecular formula is C14H15NO. The van der Waals surface area contributed by atoms with Gasteiger partial charge in [0.1, 0.15) is 5.75 Å². The van der Waals surface area contributed by atoms with Crippen molar-refractivity contribution in [3.05, 3.63) is 35.9 Å². The highest BCUT2D eigenvalue weighted by Gasteiger charge is 2.17. The van der Waals surface area contributed by atoms with Crippen molar-refractivity contribution < 1.29 is 4.74 Å². The topological polar surface area (TPSA) is 25.0 Å². The number of rotatable bonds is 2. The van der Waals surface area contributed by atoms with Gasteiger partial charge in [0.2, 0.25) is 0 Å². The molecule has 0 saturated carbocycles. The maximum absolute atomic E-state index is 5.65. The predicted molar refractivity (Wildman–Crippen MR) is 64.7 cm³/mol. The summed E-state index contributed by atoms with van der Waals surface area (Å²) < 4.78 is 5.65. The normalized spacial score (nSPS) is 15.1. The number of fused-ring (bicyclic) bond motifs is 3. The molecule has 2 radical (unpaired) electrons. The Labute approximate surface area is 95.6 Å². The van der Waals surface area contributed by atoms with Gasteiger partial charge in [-0.2, -0.15) is 0 Å². The molecule has 0 spiro atoms. The largest absolute Gasteiger partial charge is 0.492 e. The van der Waals surface area contributed by atoms with Crippen molar-refractivity contribution in [3.8, 4) is 5.75 Å². The third-order valence-corrected chi connectivity index (χ3v) is 3.14. The van der Waals surface area contributed by atoms with Crippen LogP contribution in [0.2, 0.25) is 0 Å². The van der Waals surface area contributed by atoms with Gasteiger partial charge in [0, 0.05) is 11.1 Å². The molecule has 0 amide bonds. The lowest BCUT2D eigenvalue weighted by Gasteiger charge is -2.09. The lowest BCUT2D eigenvalue weighted by atomic mass is 9.96. The highest BCUT2D eigenvalue weighted by molar-refractivity contribution is 5.90. The number of benzene rings is 1. The van der Waals surface area contributed by atoms with Crippen molar-refractivity contribution in [2.24, 2.45) is 0 Å². The molecule has 2 aromatic rings. The number of aryl methyl sites for hydroxylation is 1. The van der Waals surface area contributed by atoms with Crippen LogP contribution in [0.3, 0.4) is 0 Å². The van der Waals surface area contributed by atoms with E-state index in [-0.39, 0.29) is 0 Å². The zero-order valence-corrected chi connectivity index (χ0v) is 9.47. The average molecular weight is 213 g/mol. The molecule has 1 heterocycles. The van der Waals surface area contributed by atoms with Gasteiger partial charge in [-0.15, -0.1) is 0 Å². The minimum absolute atomic E-state index is 0.709. The standard InChI is InChI=1S/C14H15NO/c1-2-16-13-9-5-7-11-10-6-3-4-8-12(10)15-14(11)13/h5,7,9,15H,2,4,6,8H2,1H3. The molecular weight excluding hydrogens is 198 g/mol. The maximum Gasteiger partial charge on any atom is 0.143 e. The lowest BCUT2D eigenvalue weighted by molar-refractivity contribution is 0.343. The number of aromatic nitrogens is 1. The number of para-hydroxylation sites is 1. The third kappa shape index (κ3) is 1.41. The molecule has 2 nitrogen and oxygen atoms in total. The molecule has 1 aromatic carbocycles. The number of ether oxygens (including phenoxy) is 1. The van der Waals surface area contributed by atoms with Gasteiger partial charge in [-0.1, -0.05) is 12.1 Å². The fourth-order valence-corrected chi connectivity index (χ4v) is 2.42. The zero-order chi connectivity index (χ0) is 11.0. The van der Waals surface area contributed by atoms with E-state index in [4.69, 9.17) is 4.74 Å². The highest BCUT2D eigenvalue weighted by Crippen LogP contribution is 2.33. The van der Waals surface area contributed by atoms with Crippen LogP contribution in [0, 0.1) is 6.42 Å². The molecule has 0 unspecified atom stereocenters. The van der Waals surface area contributed by atoms with Crippen LogP contribution < -0.4 is 4.74 Å². The second-order valence-corrected chi connectivity index (χ2v) is 4.12. The molecule has 82 valence electrons. The summed E-state index contributed by atoms with van der Waals surface area (Å²) in [6.07, 6.45) is 6.51. The third-order valence-electron chi connectivity index (χ3n) is 3.14. The van der Waals surface area contributed by atoms with Gasteiger partial charge in [0.15, 0.2) is 0 Å². The molecule has 0 atom stereocenters. The molecule has 0 saturated heterocycles. The summed E-state index contributed by atoms with van der Waals surface area (Å²) in [6, 6.07) is 6.26. The summed E-state index contributed by atoms with van der Waals surface area (Å²) in [6.45, 7) is 2.73. The van der Waals surface area contributed by atoms with Crippen LogP contribution in [0.5, 0.6) is 5.75 Å². The molecule has 1 N–H and O–H groups in total. The van der Waals surface area contributed by atoms with Crippen LogP contribution in [-0.4, -0.2) is 11.6 Å². The fraction of sp³-hybridized carbons (Fsp3) is 0.357. The fourth-order valence-electron chi connectivity index (χ4n) is 2.42. The van der Waals surface area contributed by atoms with Crippen molar-refractivity contribution in [1.29, 1.82) is 0 Å². The van der Waals surface area contributed by atoms with E-state index in [1.165, 1.54) is 16.6 Å². The van der Waals surface area contributed by atoms with Crippen molar-refractivity contribution >= 4 is 10.9 Å². The Bertz CT molecular complexity index is 513. The molecule has 1 aromatic heterocycles. The van der Waals surface area contributed by atoms with E-state index < -0.39 is 0 Å². The van der Waals surface area contributed by atoms with Gasteiger partial charge in [-0.05, 0) is 44.2 Å². The summed E-state index contributed by atoms with van der Waals surface area (Å²) in [5, 5.41) is 1.30. The second-order valence-electron chi connectivity index (χ2n) is 4.12. The van der Waals surface area contributed by atoms with Crippen LogP contribution in [-0.2, 0) is 12.8 Å². The summed E-state index contributed by atoms with van der Waals surface area (Å²) >= 11 is 0. The summed E-state index contributed by atoms with van der Waals surface area (Å²) in [7, 11) is 0. The molecule has 1 aliphatic carbocycles. The van der Waals surface area contributed by atoms with Gasteiger partial charge in [-0.25, -0.2) is 0 Å². The quantitative estimate of drug-likeness (QED) is 0.814. The Morgan fingerprint density at radius 2 is 2.38 bits per heavy atom. The zero-order valence-electron chi connectivity index (χ0n) is 9.47. The Balaban J connectivity index is 2.21. The Kier molecular flexibility index (Phi) is 2.35. The number of hydrogen-bond acceptors (Lipinski definition) is 1. The van der Waals surface area contributed by atoms with Crippen LogP contribution in [0.4, 0.5) is 0 Å². The van der Waals surface area contributed by atoms with Gasteiger partial charge >= 0.3 is 0 Å². The van der Waals surface area contributed by atoms with Gasteiger partial charge in [-0.3, -0.25) is 0 Å². The van der Waals surface area contributed by atoms with Crippen LogP contribution in [0.1, 0.15) is 24.6 Å². The van der Waals surface area contributed by atoms with E-state index in [0.29, 0.717) is 6.61 Å². The SMILES string of the molecule is CCOc1cccc2c3c([nH]c12)CC[C]C3. The first-order valence-electron chi connectivity index (χ1n) is 5.86. The summed E-state index contributed by atoms with van der Waals surface area (Å²) in [5.41, 5.74) is 3.92. The molecule has 0 fully saturated rings. The Morgan fingerprint density at radius 3 is 3.25 bits per heavy atom. The number of aromatic amines is 1. The first-order chi connectivity index (χ1) is 7.90. The number of nitrogens with one attached hydrogen (secondary N) is 1. The average Bonchev–Trinajstić information content (AvgIpc) is 2.69. The minimum Gasteiger partial charge on any atom is -0.492 e. The number of H-pyrrole nitrogens is 1. The second kappa shape index (κ2) is 3.85. The molecule has 16 heavy (non-hydrogen) atoms. The van der Waals surface area contributed by atoms with Gasteiger partial charge in [0.05, 0.1) is 12.1 Å². The van der Waals surface area contributed by atoms with Crippen LogP contribution >= 0.6 is 0 Å². The van der Waals surface area contributed by atoms with Crippen molar-refractivity contribution in [2.75, 3.05) is 6.61 Å². The molecule has 1 aliphatic rings.